The molecule has 0 saturated carbocycles. The van der Waals surface area contributed by atoms with Gasteiger partial charge in [-0.2, -0.15) is 16.9 Å². The zero-order valence-corrected chi connectivity index (χ0v) is 20.9. The first-order chi connectivity index (χ1) is 12.9. The first-order valence-electron chi connectivity index (χ1n) is 9.51. The molecule has 0 spiro atoms. The van der Waals surface area contributed by atoms with E-state index >= 15 is 0 Å². The lowest BCUT2D eigenvalue weighted by Crippen LogP contribution is -2.44. The van der Waals surface area contributed by atoms with Crippen LogP contribution in [0.4, 0.5) is 0 Å². The Morgan fingerprint density at radius 2 is 2.00 bits per heavy atom. The highest BCUT2D eigenvalue weighted by Gasteiger charge is 2.23. The lowest BCUT2D eigenvalue weighted by Gasteiger charge is -2.25. The maximum atomic E-state index is 12.4. The van der Waals surface area contributed by atoms with Crippen LogP contribution in [0.3, 0.4) is 0 Å². The monoisotopic (exact) mass is 544 g/mol. The molecular weight excluding hydrogens is 511 g/mol. The average Bonchev–Trinajstić information content (AvgIpc) is 2.96. The molecule has 162 valence electrons. The lowest BCUT2D eigenvalue weighted by atomic mass is 10.4. The Morgan fingerprint density at radius 1 is 1.29 bits per heavy atom. The fraction of sp³-hybridized carbons (Fsp3) is 0.765. The van der Waals surface area contributed by atoms with Crippen molar-refractivity contribution in [1.29, 1.82) is 0 Å². The van der Waals surface area contributed by atoms with Crippen LogP contribution in [0.15, 0.2) is 11.1 Å². The molecule has 0 aliphatic carbocycles. The summed E-state index contributed by atoms with van der Waals surface area (Å²) in [6.45, 7) is 9.85. The molecule has 1 saturated heterocycles. The maximum Gasteiger partial charge on any atom is 0.215 e. The van der Waals surface area contributed by atoms with Gasteiger partial charge >= 0.3 is 0 Å². The molecule has 1 fully saturated rings. The molecule has 1 aliphatic heterocycles. The van der Waals surface area contributed by atoms with Crippen molar-refractivity contribution >= 4 is 51.7 Å². The van der Waals surface area contributed by atoms with E-state index in [2.05, 4.69) is 33.7 Å². The van der Waals surface area contributed by atoms with E-state index in [0.29, 0.717) is 32.1 Å². The van der Waals surface area contributed by atoms with Gasteiger partial charge in [-0.25, -0.2) is 12.7 Å². The number of halogens is 1. The number of nitrogens with one attached hydrogen (secondary N) is 2. The van der Waals surface area contributed by atoms with Crippen molar-refractivity contribution in [3.05, 3.63) is 17.5 Å². The van der Waals surface area contributed by atoms with E-state index in [-0.39, 0.29) is 29.7 Å². The summed E-state index contributed by atoms with van der Waals surface area (Å²) < 4.78 is 28.4. The summed E-state index contributed by atoms with van der Waals surface area (Å²) in [6.07, 6.45) is 0.877. The third kappa shape index (κ3) is 8.46. The van der Waals surface area contributed by atoms with Crippen LogP contribution < -0.4 is 10.6 Å². The van der Waals surface area contributed by atoms with Gasteiger partial charge in [-0.15, -0.1) is 24.0 Å². The zero-order chi connectivity index (χ0) is 19.7. The van der Waals surface area contributed by atoms with Gasteiger partial charge in [0, 0.05) is 56.5 Å². The van der Waals surface area contributed by atoms with Crippen molar-refractivity contribution in [3.8, 4) is 0 Å². The Morgan fingerprint density at radius 3 is 2.61 bits per heavy atom. The molecule has 28 heavy (non-hydrogen) atoms. The van der Waals surface area contributed by atoms with Gasteiger partial charge < -0.3 is 10.6 Å². The number of hydrogen-bond acceptors (Lipinski definition) is 5. The topological polar surface area (TPSA) is 91.6 Å². The van der Waals surface area contributed by atoms with Crippen LogP contribution in [0.5, 0.6) is 0 Å². The van der Waals surface area contributed by atoms with Gasteiger partial charge in [0.05, 0.1) is 11.4 Å². The number of aryl methyl sites for hydroxylation is 3. The number of guanidine groups is 1. The first kappa shape index (κ1) is 25.5. The zero-order valence-electron chi connectivity index (χ0n) is 17.0. The molecule has 0 unspecified atom stereocenters. The van der Waals surface area contributed by atoms with Gasteiger partial charge in [-0.3, -0.25) is 9.67 Å². The molecule has 2 rings (SSSR count). The van der Waals surface area contributed by atoms with Crippen LogP contribution in [-0.4, -0.2) is 78.4 Å². The fourth-order valence-corrected chi connectivity index (χ4v) is 5.40. The van der Waals surface area contributed by atoms with Crippen molar-refractivity contribution in [2.75, 3.05) is 50.0 Å². The summed E-state index contributed by atoms with van der Waals surface area (Å²) in [6, 6.07) is 2.07. The van der Waals surface area contributed by atoms with E-state index in [1.54, 1.807) is 16.1 Å². The fourth-order valence-electron chi connectivity index (χ4n) is 2.91. The molecule has 0 atom stereocenters. The van der Waals surface area contributed by atoms with Crippen LogP contribution >= 0.6 is 35.7 Å². The Labute approximate surface area is 190 Å². The Bertz CT molecular complexity index is 717. The van der Waals surface area contributed by atoms with Gasteiger partial charge in [-0.1, -0.05) is 0 Å². The summed E-state index contributed by atoms with van der Waals surface area (Å²) in [4.78, 5) is 4.54. The van der Waals surface area contributed by atoms with Crippen molar-refractivity contribution < 1.29 is 8.42 Å². The number of thioether (sulfide) groups is 1. The highest BCUT2D eigenvalue weighted by Crippen LogP contribution is 2.13. The number of hydrogen-bond donors (Lipinski definition) is 2. The van der Waals surface area contributed by atoms with Crippen LogP contribution in [0.1, 0.15) is 24.7 Å². The maximum absolute atomic E-state index is 12.4. The molecule has 0 amide bonds. The highest BCUT2D eigenvalue weighted by atomic mass is 127. The van der Waals surface area contributed by atoms with Crippen molar-refractivity contribution in [2.45, 2.75) is 33.7 Å². The Balaban J connectivity index is 0.00000392. The lowest BCUT2D eigenvalue weighted by molar-refractivity contribution is 0.443. The van der Waals surface area contributed by atoms with Gasteiger partial charge in [0.15, 0.2) is 5.96 Å². The van der Waals surface area contributed by atoms with Crippen LogP contribution in [-0.2, 0) is 16.6 Å². The van der Waals surface area contributed by atoms with E-state index in [0.717, 1.165) is 42.4 Å². The molecule has 1 aromatic heterocycles. The molecule has 11 heteroatoms. The van der Waals surface area contributed by atoms with Gasteiger partial charge in [-0.05, 0) is 33.3 Å². The second-order valence-electron chi connectivity index (χ2n) is 6.52. The van der Waals surface area contributed by atoms with E-state index in [9.17, 15) is 8.42 Å². The van der Waals surface area contributed by atoms with Crippen LogP contribution in [0.2, 0.25) is 0 Å². The molecule has 1 aliphatic rings. The van der Waals surface area contributed by atoms with Crippen molar-refractivity contribution in [1.82, 2.24) is 24.7 Å². The number of aromatic nitrogens is 2. The average molecular weight is 545 g/mol. The molecule has 0 radical (unpaired) electrons. The number of sulfonamides is 1. The van der Waals surface area contributed by atoms with E-state index in [1.165, 1.54) is 0 Å². The minimum atomic E-state index is -3.19. The van der Waals surface area contributed by atoms with Crippen LogP contribution in [0.25, 0.3) is 0 Å². The van der Waals surface area contributed by atoms with Crippen LogP contribution in [0, 0.1) is 13.8 Å². The van der Waals surface area contributed by atoms with E-state index in [1.807, 2.05) is 18.5 Å². The second-order valence-corrected chi connectivity index (χ2v) is 9.83. The molecule has 0 aromatic carbocycles. The largest absolute Gasteiger partial charge is 0.357 e. The summed E-state index contributed by atoms with van der Waals surface area (Å²) >= 11 is 1.80. The summed E-state index contributed by atoms with van der Waals surface area (Å²) in [7, 11) is -3.19. The molecular formula is C17H33IN6O2S2. The second kappa shape index (κ2) is 12.9. The Hall–Kier alpha value is -0.530. The summed E-state index contributed by atoms with van der Waals surface area (Å²) in [5, 5.41) is 10.8. The Kier molecular flexibility index (Phi) is 11.8. The first-order valence-corrected chi connectivity index (χ1v) is 12.3. The minimum absolute atomic E-state index is 0. The van der Waals surface area contributed by atoms with Crippen molar-refractivity contribution in [2.24, 2.45) is 4.99 Å². The van der Waals surface area contributed by atoms with Gasteiger partial charge in [0.2, 0.25) is 10.0 Å². The predicted molar refractivity (Wildman–Crippen MR) is 128 cm³/mol. The highest BCUT2D eigenvalue weighted by molar-refractivity contribution is 14.0. The predicted octanol–water partition coefficient (Wildman–Crippen LogP) is 1.44. The summed E-state index contributed by atoms with van der Waals surface area (Å²) in [5.41, 5.74) is 2.18. The third-order valence-electron chi connectivity index (χ3n) is 4.26. The van der Waals surface area contributed by atoms with Crippen molar-refractivity contribution in [3.63, 3.8) is 0 Å². The summed E-state index contributed by atoms with van der Waals surface area (Å²) in [5.74, 6) is 2.52. The SMILES string of the molecule is CCNC(=NCCCn1nc(C)cc1C)NCCS(=O)(=O)N1CCSCC1.I. The third-order valence-corrected chi connectivity index (χ3v) is 7.08. The molecule has 2 heterocycles. The quantitative estimate of drug-likeness (QED) is 0.212. The van der Waals surface area contributed by atoms with Gasteiger partial charge in [0.25, 0.3) is 0 Å². The standard InChI is InChI=1S/C17H32N6O2S2.HI/c1-4-18-17(19-6-5-8-23-16(3)14-15(2)21-23)20-7-13-27(24,25)22-9-11-26-12-10-22;/h14H,4-13H2,1-3H3,(H2,18,19,20);1H. The minimum Gasteiger partial charge on any atom is -0.357 e. The smallest absolute Gasteiger partial charge is 0.215 e. The molecule has 8 nitrogen and oxygen atoms in total. The van der Waals surface area contributed by atoms with E-state index < -0.39 is 10.0 Å². The molecule has 0 bridgehead atoms. The number of rotatable bonds is 9. The van der Waals surface area contributed by atoms with E-state index in [4.69, 9.17) is 0 Å². The van der Waals surface area contributed by atoms with Gasteiger partial charge in [0.1, 0.15) is 0 Å². The normalized spacial score (nSPS) is 15.9. The molecule has 1 aromatic rings. The number of nitrogens with zero attached hydrogens (tertiary/aromatic N) is 4. The number of aliphatic imine (C=N–C) groups is 1. The molecule has 2 N–H and O–H groups in total.